The monoisotopic (exact) mass is 538 g/mol. The fourth-order valence-electron chi connectivity index (χ4n) is 4.01. The van der Waals surface area contributed by atoms with Crippen LogP contribution >= 0.6 is 11.8 Å². The first kappa shape index (κ1) is 28.2. The van der Waals surface area contributed by atoms with Crippen LogP contribution in [0.3, 0.4) is 0 Å². The molecule has 0 bridgehead atoms. The molecule has 4 atom stereocenters. The van der Waals surface area contributed by atoms with Gasteiger partial charge in [0, 0.05) is 16.9 Å². The molecule has 2 fully saturated rings. The number of rotatable bonds is 8. The number of hydrogen-bond donors (Lipinski definition) is 0. The van der Waals surface area contributed by atoms with Crippen molar-refractivity contribution >= 4 is 41.5 Å². The standard InChI is InChI=1S/C24H30N2O10S/c1-13(36-22(30)33-11-14-7-9-15(10-8-14)26(31)32)16-18(27)25-17(24(5,6)37-19(16)25)20(28)34-12-35-21(29)23(2,3)4/h7-10,13,16-17,19H,11-12H2,1-6H3/t13?,16-,17-,19+/m0/s1. The number of esters is 2. The fraction of sp³-hybridized carbons (Fsp3) is 0.583. The van der Waals surface area contributed by atoms with Crippen molar-refractivity contribution in [1.29, 1.82) is 0 Å². The number of hydrogen-bond acceptors (Lipinski definition) is 11. The Morgan fingerprint density at radius 3 is 2.32 bits per heavy atom. The Morgan fingerprint density at radius 2 is 1.76 bits per heavy atom. The largest absolute Gasteiger partial charge is 0.508 e. The summed E-state index contributed by atoms with van der Waals surface area (Å²) in [6.45, 7) is 9.48. The quantitative estimate of drug-likeness (QED) is 0.157. The topological polar surface area (TPSA) is 152 Å². The van der Waals surface area contributed by atoms with Crippen molar-refractivity contribution in [1.82, 2.24) is 4.90 Å². The van der Waals surface area contributed by atoms with Crippen molar-refractivity contribution in [3.05, 3.63) is 39.9 Å². The first-order valence-corrected chi connectivity index (χ1v) is 12.4. The molecule has 1 aromatic rings. The van der Waals surface area contributed by atoms with E-state index in [1.165, 1.54) is 40.9 Å². The second kappa shape index (κ2) is 10.6. The zero-order chi connectivity index (χ0) is 27.7. The maximum absolute atomic E-state index is 13.0. The van der Waals surface area contributed by atoms with Gasteiger partial charge in [-0.3, -0.25) is 19.7 Å². The smallest absolute Gasteiger partial charge is 0.430 e. The Morgan fingerprint density at radius 1 is 1.14 bits per heavy atom. The SMILES string of the molecule is CC(OC(=O)OCc1ccc([N+](=O)[O-])cc1)[C@H]1C(=O)N2[C@@H]1SC(C)(C)[C@@H]2C(=O)OCOC(=O)C(C)(C)C. The van der Waals surface area contributed by atoms with E-state index < -0.39 is 63.4 Å². The van der Waals surface area contributed by atoms with Gasteiger partial charge in [0.25, 0.3) is 5.69 Å². The van der Waals surface area contributed by atoms with Crippen LogP contribution in [0.25, 0.3) is 0 Å². The third-order valence-corrected chi connectivity index (χ3v) is 7.59. The van der Waals surface area contributed by atoms with Crippen LogP contribution in [0.2, 0.25) is 0 Å². The molecule has 0 aliphatic carbocycles. The molecule has 0 radical (unpaired) electrons. The van der Waals surface area contributed by atoms with Gasteiger partial charge in [-0.15, -0.1) is 11.8 Å². The number of nitro benzene ring substituents is 1. The molecule has 202 valence electrons. The van der Waals surface area contributed by atoms with Crippen LogP contribution in [0.4, 0.5) is 10.5 Å². The zero-order valence-corrected chi connectivity index (χ0v) is 22.2. The molecule has 2 saturated heterocycles. The van der Waals surface area contributed by atoms with E-state index in [-0.39, 0.29) is 18.2 Å². The summed E-state index contributed by atoms with van der Waals surface area (Å²) in [4.78, 5) is 61.5. The van der Waals surface area contributed by atoms with Gasteiger partial charge in [-0.05, 0) is 59.2 Å². The number of carbonyl (C=O) groups is 4. The summed E-state index contributed by atoms with van der Waals surface area (Å²) in [7, 11) is 0. The molecule has 1 unspecified atom stereocenters. The highest BCUT2D eigenvalue weighted by Gasteiger charge is 2.65. The number of nitro groups is 1. The molecule has 2 aliphatic rings. The maximum Gasteiger partial charge on any atom is 0.508 e. The lowest BCUT2D eigenvalue weighted by molar-refractivity contribution is -0.384. The van der Waals surface area contributed by atoms with Crippen molar-refractivity contribution in [2.75, 3.05) is 6.79 Å². The minimum atomic E-state index is -0.990. The van der Waals surface area contributed by atoms with E-state index in [0.717, 1.165) is 0 Å². The molecule has 3 rings (SSSR count). The third kappa shape index (κ3) is 6.14. The number of thioether (sulfide) groups is 1. The summed E-state index contributed by atoms with van der Waals surface area (Å²) in [6, 6.07) is 4.61. The number of carbonyl (C=O) groups excluding carboxylic acids is 4. The van der Waals surface area contributed by atoms with Gasteiger partial charge in [-0.2, -0.15) is 0 Å². The average molecular weight is 539 g/mol. The predicted molar refractivity (Wildman–Crippen MR) is 130 cm³/mol. The second-order valence-corrected chi connectivity index (χ2v) is 12.1. The van der Waals surface area contributed by atoms with Gasteiger partial charge < -0.3 is 23.8 Å². The molecular formula is C24H30N2O10S. The average Bonchev–Trinajstić information content (AvgIpc) is 3.04. The third-order valence-electron chi connectivity index (χ3n) is 6.00. The van der Waals surface area contributed by atoms with Gasteiger partial charge in [0.1, 0.15) is 24.7 Å². The molecule has 37 heavy (non-hydrogen) atoms. The van der Waals surface area contributed by atoms with Crippen molar-refractivity contribution in [3.63, 3.8) is 0 Å². The normalized spacial score (nSPS) is 22.8. The highest BCUT2D eigenvalue weighted by Crippen LogP contribution is 2.54. The molecule has 0 N–H and O–H groups in total. The number of amides is 1. The van der Waals surface area contributed by atoms with E-state index in [4.69, 9.17) is 18.9 Å². The minimum absolute atomic E-state index is 0.0851. The Hall–Kier alpha value is -3.35. The van der Waals surface area contributed by atoms with Gasteiger partial charge in [-0.1, -0.05) is 0 Å². The fourth-order valence-corrected chi connectivity index (χ4v) is 5.79. The van der Waals surface area contributed by atoms with Crippen LogP contribution in [0, 0.1) is 21.4 Å². The van der Waals surface area contributed by atoms with E-state index >= 15 is 0 Å². The van der Waals surface area contributed by atoms with Crippen molar-refractivity contribution in [2.45, 2.75) is 70.4 Å². The predicted octanol–water partition coefficient (Wildman–Crippen LogP) is 3.41. The first-order valence-electron chi connectivity index (χ1n) is 11.5. The molecule has 2 heterocycles. The molecule has 0 saturated carbocycles. The van der Waals surface area contributed by atoms with Crippen LogP contribution in [0.1, 0.15) is 47.1 Å². The van der Waals surface area contributed by atoms with Crippen molar-refractivity contribution < 1.29 is 43.0 Å². The summed E-state index contributed by atoms with van der Waals surface area (Å²) in [5, 5.41) is 10.3. The van der Waals surface area contributed by atoms with Gasteiger partial charge in [-0.25, -0.2) is 9.59 Å². The lowest BCUT2D eigenvalue weighted by Crippen LogP contribution is -2.65. The van der Waals surface area contributed by atoms with E-state index in [1.54, 1.807) is 41.5 Å². The lowest BCUT2D eigenvalue weighted by Gasteiger charge is -2.45. The number of benzene rings is 1. The molecule has 0 spiro atoms. The summed E-state index contributed by atoms with van der Waals surface area (Å²) < 4.78 is 19.8. The maximum atomic E-state index is 13.0. The molecular weight excluding hydrogens is 508 g/mol. The summed E-state index contributed by atoms with van der Waals surface area (Å²) in [5.74, 6) is -2.27. The minimum Gasteiger partial charge on any atom is -0.430 e. The van der Waals surface area contributed by atoms with Crippen LogP contribution in [0.5, 0.6) is 0 Å². The van der Waals surface area contributed by atoms with Gasteiger partial charge >= 0.3 is 18.1 Å². The van der Waals surface area contributed by atoms with E-state index in [9.17, 15) is 29.3 Å². The molecule has 1 aromatic carbocycles. The van der Waals surface area contributed by atoms with E-state index in [2.05, 4.69) is 0 Å². The van der Waals surface area contributed by atoms with Crippen LogP contribution < -0.4 is 0 Å². The number of β-lactam (4-membered cyclic amide) rings is 1. The second-order valence-electron chi connectivity index (χ2n) is 10.3. The summed E-state index contributed by atoms with van der Waals surface area (Å²) in [5.41, 5.74) is -0.304. The van der Waals surface area contributed by atoms with Crippen molar-refractivity contribution in [2.24, 2.45) is 11.3 Å². The van der Waals surface area contributed by atoms with Crippen LogP contribution in [-0.2, 0) is 39.9 Å². The van der Waals surface area contributed by atoms with Crippen molar-refractivity contribution in [3.8, 4) is 0 Å². The molecule has 1 amide bonds. The number of nitrogens with zero attached hydrogens (tertiary/aromatic N) is 2. The van der Waals surface area contributed by atoms with Gasteiger partial charge in [0.15, 0.2) is 0 Å². The highest BCUT2D eigenvalue weighted by molar-refractivity contribution is 8.01. The Bertz CT molecular complexity index is 1080. The Labute approximate surface area is 218 Å². The molecule has 2 aliphatic heterocycles. The molecule has 13 heteroatoms. The zero-order valence-electron chi connectivity index (χ0n) is 21.4. The highest BCUT2D eigenvalue weighted by atomic mass is 32.2. The number of non-ortho nitro benzene ring substituents is 1. The van der Waals surface area contributed by atoms with Crippen LogP contribution in [-0.4, -0.2) is 62.9 Å². The number of fused-ring (bicyclic) bond motifs is 1. The number of ether oxygens (including phenoxy) is 4. The van der Waals surface area contributed by atoms with Crippen LogP contribution in [0.15, 0.2) is 24.3 Å². The van der Waals surface area contributed by atoms with E-state index in [0.29, 0.717) is 5.56 Å². The summed E-state index contributed by atoms with van der Waals surface area (Å²) in [6.07, 6.45) is -1.82. The molecule has 12 nitrogen and oxygen atoms in total. The lowest BCUT2D eigenvalue weighted by atomic mass is 9.88. The van der Waals surface area contributed by atoms with Gasteiger partial charge in [0.05, 0.1) is 15.7 Å². The Balaban J connectivity index is 1.53. The van der Waals surface area contributed by atoms with Gasteiger partial charge in [0.2, 0.25) is 12.7 Å². The summed E-state index contributed by atoms with van der Waals surface area (Å²) >= 11 is 1.39. The Kier molecular flexibility index (Phi) is 8.06. The molecule has 0 aromatic heterocycles. The first-order chi connectivity index (χ1) is 17.1. The van der Waals surface area contributed by atoms with E-state index in [1.807, 2.05) is 0 Å².